The SMILES string of the molecule is N[C@@H](CC(=O)On1cc(O)[nH]c1=O)C(=O)On1cc(O)[nH]c1=O. The minimum absolute atomic E-state index is 0.386. The molecule has 0 amide bonds. The zero-order chi connectivity index (χ0) is 17.1. The van der Waals surface area contributed by atoms with E-state index in [0.717, 1.165) is 12.4 Å². The summed E-state index contributed by atoms with van der Waals surface area (Å²) in [6.07, 6.45) is 0.905. The molecule has 124 valence electrons. The molecular weight excluding hydrogens is 318 g/mol. The number of aromatic hydroxyl groups is 2. The highest BCUT2D eigenvalue weighted by Crippen LogP contribution is 1.99. The van der Waals surface area contributed by atoms with Crippen LogP contribution in [-0.2, 0) is 9.59 Å². The molecule has 6 N–H and O–H groups in total. The summed E-state index contributed by atoms with van der Waals surface area (Å²) in [6.45, 7) is 0. The van der Waals surface area contributed by atoms with Gasteiger partial charge in [-0.15, -0.1) is 9.46 Å². The Morgan fingerprint density at radius 3 is 2.00 bits per heavy atom. The Balaban J connectivity index is 1.94. The molecule has 0 aromatic carbocycles. The quantitative estimate of drug-likeness (QED) is 0.368. The van der Waals surface area contributed by atoms with E-state index in [9.17, 15) is 19.2 Å². The summed E-state index contributed by atoms with van der Waals surface area (Å²) in [4.78, 5) is 58.4. The van der Waals surface area contributed by atoms with Crippen molar-refractivity contribution in [2.75, 3.05) is 0 Å². The summed E-state index contributed by atoms with van der Waals surface area (Å²) < 4.78 is 0.794. The molecule has 23 heavy (non-hydrogen) atoms. The van der Waals surface area contributed by atoms with Crippen LogP contribution in [0.5, 0.6) is 11.8 Å². The van der Waals surface area contributed by atoms with Crippen LogP contribution in [0.1, 0.15) is 6.42 Å². The predicted molar refractivity (Wildman–Crippen MR) is 69.2 cm³/mol. The average molecular weight is 329 g/mol. The number of hydrogen-bond acceptors (Lipinski definition) is 9. The number of nitrogens with zero attached hydrogens (tertiary/aromatic N) is 2. The number of H-pyrrole nitrogens is 2. The van der Waals surface area contributed by atoms with Gasteiger partial charge < -0.3 is 25.6 Å². The van der Waals surface area contributed by atoms with Crippen LogP contribution < -0.4 is 26.8 Å². The van der Waals surface area contributed by atoms with E-state index in [0.29, 0.717) is 9.46 Å². The molecule has 0 aliphatic carbocycles. The molecule has 0 saturated carbocycles. The first-order chi connectivity index (χ1) is 10.8. The Kier molecular flexibility index (Phi) is 4.22. The van der Waals surface area contributed by atoms with Gasteiger partial charge in [-0.3, -0.25) is 9.97 Å². The Morgan fingerprint density at radius 2 is 1.57 bits per heavy atom. The van der Waals surface area contributed by atoms with Crippen molar-refractivity contribution in [3.8, 4) is 11.8 Å². The van der Waals surface area contributed by atoms with E-state index in [2.05, 4.69) is 9.68 Å². The summed E-state index contributed by atoms with van der Waals surface area (Å²) in [5.41, 5.74) is 3.57. The average Bonchev–Trinajstić information content (AvgIpc) is 2.91. The topological polar surface area (TPSA) is 195 Å². The van der Waals surface area contributed by atoms with Crippen molar-refractivity contribution in [3.63, 3.8) is 0 Å². The summed E-state index contributed by atoms with van der Waals surface area (Å²) in [7, 11) is 0. The first kappa shape index (κ1) is 15.9. The van der Waals surface area contributed by atoms with E-state index >= 15 is 0 Å². The molecule has 13 nitrogen and oxygen atoms in total. The van der Waals surface area contributed by atoms with Gasteiger partial charge in [0.15, 0.2) is 0 Å². The molecule has 13 heteroatoms. The second-order valence-electron chi connectivity index (χ2n) is 4.22. The monoisotopic (exact) mass is 329 g/mol. The second-order valence-corrected chi connectivity index (χ2v) is 4.22. The fraction of sp³-hybridized carbons (Fsp3) is 0.200. The number of carbonyl (C=O) groups excluding carboxylic acids is 2. The van der Waals surface area contributed by atoms with Gasteiger partial charge in [0.1, 0.15) is 18.4 Å². The summed E-state index contributed by atoms with van der Waals surface area (Å²) in [5.74, 6) is -3.30. The third-order valence-electron chi connectivity index (χ3n) is 2.43. The van der Waals surface area contributed by atoms with Crippen molar-refractivity contribution in [1.29, 1.82) is 0 Å². The van der Waals surface area contributed by atoms with Crippen LogP contribution in [0.3, 0.4) is 0 Å². The van der Waals surface area contributed by atoms with Gasteiger partial charge in [-0.05, 0) is 0 Å². The van der Waals surface area contributed by atoms with Gasteiger partial charge in [-0.25, -0.2) is 19.2 Å². The highest BCUT2D eigenvalue weighted by Gasteiger charge is 2.23. The zero-order valence-electron chi connectivity index (χ0n) is 11.3. The maximum Gasteiger partial charge on any atom is 0.361 e. The van der Waals surface area contributed by atoms with Gasteiger partial charge in [-0.2, -0.15) is 0 Å². The number of aromatic nitrogens is 4. The number of carbonyl (C=O) groups is 2. The van der Waals surface area contributed by atoms with E-state index in [4.69, 9.17) is 15.9 Å². The number of nitrogens with two attached hydrogens (primary N) is 1. The molecular formula is C10H11N5O8. The molecule has 2 aromatic heterocycles. The van der Waals surface area contributed by atoms with Crippen molar-refractivity contribution in [3.05, 3.63) is 33.4 Å². The van der Waals surface area contributed by atoms with Gasteiger partial charge in [-0.1, -0.05) is 0 Å². The van der Waals surface area contributed by atoms with Crippen LogP contribution in [0.4, 0.5) is 0 Å². The van der Waals surface area contributed by atoms with Crippen molar-refractivity contribution in [2.24, 2.45) is 5.73 Å². The first-order valence-corrected chi connectivity index (χ1v) is 5.96. The Labute approximate surface area is 125 Å². The third kappa shape index (κ3) is 3.79. The minimum Gasteiger partial charge on any atom is -0.493 e. The van der Waals surface area contributed by atoms with E-state index < -0.39 is 47.5 Å². The molecule has 0 unspecified atom stereocenters. The normalized spacial score (nSPS) is 11.9. The van der Waals surface area contributed by atoms with Crippen molar-refractivity contribution in [2.45, 2.75) is 12.5 Å². The van der Waals surface area contributed by atoms with Gasteiger partial charge in [0.05, 0.1) is 6.42 Å². The predicted octanol–water partition coefficient (Wildman–Crippen LogP) is -3.59. The van der Waals surface area contributed by atoms with Gasteiger partial charge in [0.25, 0.3) is 0 Å². The smallest absolute Gasteiger partial charge is 0.361 e. The van der Waals surface area contributed by atoms with Gasteiger partial charge in [0.2, 0.25) is 11.8 Å². The number of imidazole rings is 2. The second kappa shape index (κ2) is 6.10. The van der Waals surface area contributed by atoms with Crippen LogP contribution >= 0.6 is 0 Å². The van der Waals surface area contributed by atoms with E-state index in [1.807, 2.05) is 9.97 Å². The van der Waals surface area contributed by atoms with Crippen molar-refractivity contribution < 1.29 is 29.5 Å². The lowest BCUT2D eigenvalue weighted by Gasteiger charge is -2.09. The minimum atomic E-state index is -1.50. The van der Waals surface area contributed by atoms with Gasteiger partial charge in [0, 0.05) is 0 Å². The molecule has 0 saturated heterocycles. The maximum absolute atomic E-state index is 11.6. The lowest BCUT2D eigenvalue weighted by molar-refractivity contribution is -0.152. The highest BCUT2D eigenvalue weighted by molar-refractivity contribution is 5.82. The highest BCUT2D eigenvalue weighted by atomic mass is 16.7. The lowest BCUT2D eigenvalue weighted by atomic mass is 10.2. The molecule has 0 aliphatic rings. The Morgan fingerprint density at radius 1 is 1.09 bits per heavy atom. The molecule has 0 radical (unpaired) electrons. The lowest BCUT2D eigenvalue weighted by Crippen LogP contribution is -2.43. The van der Waals surface area contributed by atoms with Crippen molar-refractivity contribution in [1.82, 2.24) is 19.4 Å². The maximum atomic E-state index is 11.6. The third-order valence-corrected chi connectivity index (χ3v) is 2.43. The van der Waals surface area contributed by atoms with E-state index in [-0.39, 0.29) is 0 Å². The molecule has 0 spiro atoms. The molecule has 2 heterocycles. The standard InChI is InChI=1S/C10H11N5O8/c11-4(8(19)23-15-3-6(17)13-10(15)21)1-7(18)22-14-2-5(16)12-9(14)20/h2-4,16-17H,1,11H2,(H,12,20)(H,13,21)/t4-/m0/s1. The van der Waals surface area contributed by atoms with Crippen LogP contribution in [0.15, 0.2) is 22.0 Å². The zero-order valence-corrected chi connectivity index (χ0v) is 11.3. The Bertz CT molecular complexity index is 842. The fourth-order valence-electron chi connectivity index (χ4n) is 1.44. The molecule has 2 aromatic rings. The molecule has 0 fully saturated rings. The summed E-state index contributed by atoms with van der Waals surface area (Å²) in [5, 5.41) is 18.0. The number of hydrogen-bond donors (Lipinski definition) is 5. The number of rotatable bonds is 5. The Hall–Kier alpha value is -3.48. The number of aromatic amines is 2. The molecule has 0 aliphatic heterocycles. The molecule has 1 atom stereocenters. The summed E-state index contributed by atoms with van der Waals surface area (Å²) in [6, 6.07) is -1.50. The first-order valence-electron chi connectivity index (χ1n) is 5.96. The molecule has 0 bridgehead atoms. The largest absolute Gasteiger partial charge is 0.493 e. The summed E-state index contributed by atoms with van der Waals surface area (Å²) >= 11 is 0. The van der Waals surface area contributed by atoms with Gasteiger partial charge >= 0.3 is 23.3 Å². The van der Waals surface area contributed by atoms with Crippen LogP contribution in [0.2, 0.25) is 0 Å². The molecule has 2 rings (SSSR count). The van der Waals surface area contributed by atoms with Crippen LogP contribution in [0.25, 0.3) is 0 Å². The fourth-order valence-corrected chi connectivity index (χ4v) is 1.44. The van der Waals surface area contributed by atoms with E-state index in [1.165, 1.54) is 0 Å². The van der Waals surface area contributed by atoms with E-state index in [1.54, 1.807) is 0 Å². The number of nitrogens with one attached hydrogen (secondary N) is 2. The van der Waals surface area contributed by atoms with Crippen LogP contribution in [-0.4, -0.2) is 47.6 Å². The van der Waals surface area contributed by atoms with Crippen LogP contribution in [0, 0.1) is 0 Å². The van der Waals surface area contributed by atoms with Crippen molar-refractivity contribution >= 4 is 11.9 Å².